The molecule has 0 bridgehead atoms. The SMILES string of the molecule is CCCCc1ccc(S(=O)(=O)N(CC)S(=O)(=O)O)c2c1C(=O)c1cc(S(=O)(=O)N(CC)S(=O)(=O)O)ccc1C2=O. The van der Waals surface area contributed by atoms with Gasteiger partial charge in [-0.2, -0.15) is 16.8 Å². The number of aryl methyl sites for hydroxylation is 1. The zero-order valence-corrected chi connectivity index (χ0v) is 24.7. The molecule has 2 N–H and O–H groups in total. The highest BCUT2D eigenvalue weighted by Crippen LogP contribution is 2.37. The molecular weight excluding hydrogens is 613 g/mol. The van der Waals surface area contributed by atoms with Gasteiger partial charge in [-0.25, -0.2) is 16.8 Å². The number of hydrogen-bond acceptors (Lipinski definition) is 10. The molecule has 0 aliphatic heterocycles. The minimum Gasteiger partial charge on any atom is -0.289 e. The van der Waals surface area contributed by atoms with Gasteiger partial charge in [0.2, 0.25) is 0 Å². The highest BCUT2D eigenvalue weighted by molar-refractivity contribution is 8.02. The number of fused-ring (bicyclic) bond motifs is 2. The van der Waals surface area contributed by atoms with E-state index < -0.39 is 97.4 Å². The molecule has 40 heavy (non-hydrogen) atoms. The lowest BCUT2D eigenvalue weighted by atomic mass is 9.81. The van der Waals surface area contributed by atoms with Gasteiger partial charge in [-0.1, -0.05) is 40.7 Å². The fourth-order valence-corrected chi connectivity index (χ4v) is 9.85. The molecule has 0 radical (unpaired) electrons. The molecule has 0 heterocycles. The number of carbonyl (C=O) groups excluding carboxylic acids is 2. The van der Waals surface area contributed by atoms with Crippen LogP contribution in [0.1, 0.15) is 71.0 Å². The molecule has 14 nitrogen and oxygen atoms in total. The van der Waals surface area contributed by atoms with E-state index in [1.54, 1.807) is 0 Å². The van der Waals surface area contributed by atoms with Crippen molar-refractivity contribution in [2.24, 2.45) is 0 Å². The van der Waals surface area contributed by atoms with Crippen LogP contribution in [0.5, 0.6) is 0 Å². The van der Waals surface area contributed by atoms with Gasteiger partial charge in [0.05, 0.1) is 15.4 Å². The molecule has 0 amide bonds. The summed E-state index contributed by atoms with van der Waals surface area (Å²) in [7, 11) is -20.5. The summed E-state index contributed by atoms with van der Waals surface area (Å²) in [6.45, 7) is 2.70. The molecule has 2 aromatic carbocycles. The molecule has 0 saturated heterocycles. The van der Waals surface area contributed by atoms with E-state index in [9.17, 15) is 52.4 Å². The van der Waals surface area contributed by atoms with Crippen LogP contribution in [0.15, 0.2) is 40.1 Å². The number of ketones is 2. The second-order valence-corrected chi connectivity index (χ2v) is 15.4. The first-order valence-corrected chi connectivity index (χ1v) is 17.4. The number of benzene rings is 2. The van der Waals surface area contributed by atoms with Crippen LogP contribution in [0, 0.1) is 0 Å². The molecule has 0 atom stereocenters. The van der Waals surface area contributed by atoms with E-state index in [1.807, 2.05) is 6.92 Å². The van der Waals surface area contributed by atoms with E-state index >= 15 is 0 Å². The van der Waals surface area contributed by atoms with Gasteiger partial charge in [0.1, 0.15) is 0 Å². The number of hydrogen-bond donors (Lipinski definition) is 2. The first kappa shape index (κ1) is 31.9. The Labute approximate surface area is 232 Å². The smallest absolute Gasteiger partial charge is 0.289 e. The van der Waals surface area contributed by atoms with Crippen molar-refractivity contribution in [3.8, 4) is 0 Å². The first-order chi connectivity index (χ1) is 18.3. The largest absolute Gasteiger partial charge is 0.349 e. The lowest BCUT2D eigenvalue weighted by molar-refractivity contribution is 0.0975. The summed E-state index contributed by atoms with van der Waals surface area (Å²) in [5, 5.41) is 0. The van der Waals surface area contributed by atoms with Crippen molar-refractivity contribution < 1.29 is 52.4 Å². The van der Waals surface area contributed by atoms with Crippen molar-refractivity contribution in [3.05, 3.63) is 58.1 Å². The predicted octanol–water partition coefficient (Wildman–Crippen LogP) is 1.43. The topological polar surface area (TPSA) is 218 Å². The number of unbranched alkanes of at least 4 members (excludes halogenated alkanes) is 1. The average Bonchev–Trinajstić information content (AvgIpc) is 2.83. The third kappa shape index (κ3) is 5.49. The fourth-order valence-electron chi connectivity index (χ4n) is 4.38. The van der Waals surface area contributed by atoms with Gasteiger partial charge in [-0.3, -0.25) is 18.7 Å². The molecule has 0 aromatic heterocycles. The van der Waals surface area contributed by atoms with E-state index in [0.717, 1.165) is 38.1 Å². The minimum atomic E-state index is -5.30. The van der Waals surface area contributed by atoms with Gasteiger partial charge in [-0.05, 0) is 42.7 Å². The van der Waals surface area contributed by atoms with E-state index in [0.29, 0.717) is 12.8 Å². The van der Waals surface area contributed by atoms with E-state index in [-0.39, 0.29) is 19.4 Å². The van der Waals surface area contributed by atoms with Crippen LogP contribution in [0.25, 0.3) is 0 Å². The second kappa shape index (κ2) is 11.0. The van der Waals surface area contributed by atoms with Gasteiger partial charge in [0.15, 0.2) is 11.6 Å². The third-order valence-corrected chi connectivity index (χ3v) is 13.3. The Morgan fingerprint density at radius 3 is 1.70 bits per heavy atom. The molecule has 0 unspecified atom stereocenters. The summed E-state index contributed by atoms with van der Waals surface area (Å²) in [5.74, 6) is -2.01. The summed E-state index contributed by atoms with van der Waals surface area (Å²) in [5.41, 5.74) is -1.70. The molecule has 0 fully saturated rings. The van der Waals surface area contributed by atoms with Gasteiger partial charge in [0, 0.05) is 29.8 Å². The van der Waals surface area contributed by atoms with Crippen LogP contribution in [0.2, 0.25) is 0 Å². The third-order valence-electron chi connectivity index (χ3n) is 6.13. The van der Waals surface area contributed by atoms with Crippen molar-refractivity contribution >= 4 is 52.2 Å². The Hall–Kier alpha value is -2.58. The molecule has 3 rings (SSSR count). The predicted molar refractivity (Wildman–Crippen MR) is 141 cm³/mol. The Kier molecular flexibility index (Phi) is 8.79. The summed E-state index contributed by atoms with van der Waals surface area (Å²) in [6.07, 6.45) is 1.35. The quantitative estimate of drug-likeness (QED) is 0.285. The number of nitrogens with zero attached hydrogens (tertiary/aromatic N) is 2. The van der Waals surface area contributed by atoms with E-state index in [2.05, 4.69) is 0 Å². The van der Waals surface area contributed by atoms with Gasteiger partial charge < -0.3 is 0 Å². The van der Waals surface area contributed by atoms with Crippen molar-refractivity contribution in [1.29, 1.82) is 0 Å². The Bertz CT molecular complexity index is 1830. The number of rotatable bonds is 11. The molecule has 2 aromatic rings. The van der Waals surface area contributed by atoms with Crippen LogP contribution in [-0.4, -0.2) is 74.9 Å². The normalized spacial score (nSPS) is 14.5. The number of carbonyl (C=O) groups is 2. The van der Waals surface area contributed by atoms with Gasteiger partial charge in [-0.15, -0.1) is 0 Å². The summed E-state index contributed by atoms with van der Waals surface area (Å²) in [4.78, 5) is 25.8. The highest BCUT2D eigenvalue weighted by Gasteiger charge is 2.42. The summed E-state index contributed by atoms with van der Waals surface area (Å²) in [6, 6.07) is 4.64. The van der Waals surface area contributed by atoms with Crippen molar-refractivity contribution in [1.82, 2.24) is 7.42 Å². The second-order valence-electron chi connectivity index (χ2n) is 8.59. The van der Waals surface area contributed by atoms with E-state index in [4.69, 9.17) is 0 Å². The zero-order chi connectivity index (χ0) is 30.4. The van der Waals surface area contributed by atoms with Crippen LogP contribution < -0.4 is 0 Å². The van der Waals surface area contributed by atoms with E-state index in [1.165, 1.54) is 6.07 Å². The standard InChI is InChI=1S/C22H26N2O12S4/c1-4-7-8-14-9-12-18(38(29,30)24(6-3)40(34,35)36)20-19(14)22(26)17-13-15(10-11-16(17)21(20)25)37(27,28)23(5-2)39(31,32)33/h9-13H,4-8H2,1-3H3,(H,31,32,33)(H,34,35,36). The minimum absolute atomic E-state index is 0.202. The molecule has 1 aliphatic carbocycles. The van der Waals surface area contributed by atoms with Crippen LogP contribution >= 0.6 is 0 Å². The molecule has 1 aliphatic rings. The van der Waals surface area contributed by atoms with Crippen molar-refractivity contribution in [3.63, 3.8) is 0 Å². The van der Waals surface area contributed by atoms with Crippen molar-refractivity contribution in [2.75, 3.05) is 13.1 Å². The number of sulfonamides is 2. The molecule has 0 spiro atoms. The maximum atomic E-state index is 13.8. The maximum absolute atomic E-state index is 13.8. The van der Waals surface area contributed by atoms with Gasteiger partial charge in [0.25, 0.3) is 20.0 Å². The van der Waals surface area contributed by atoms with Crippen molar-refractivity contribution in [2.45, 2.75) is 49.8 Å². The summed E-state index contributed by atoms with van der Waals surface area (Å²) >= 11 is 0. The monoisotopic (exact) mass is 638 g/mol. The molecule has 18 heteroatoms. The zero-order valence-electron chi connectivity index (χ0n) is 21.4. The lowest BCUT2D eigenvalue weighted by Crippen LogP contribution is -2.38. The van der Waals surface area contributed by atoms with Crippen LogP contribution in [-0.2, 0) is 47.1 Å². The fraction of sp³-hybridized carbons (Fsp3) is 0.364. The van der Waals surface area contributed by atoms with Gasteiger partial charge >= 0.3 is 20.6 Å². The molecule has 220 valence electrons. The highest BCUT2D eigenvalue weighted by atomic mass is 32.3. The first-order valence-electron chi connectivity index (χ1n) is 11.8. The average molecular weight is 639 g/mol. The Morgan fingerprint density at radius 2 is 1.20 bits per heavy atom. The molecular formula is C22H26N2O12S4. The van der Waals surface area contributed by atoms with Crippen LogP contribution in [0.3, 0.4) is 0 Å². The maximum Gasteiger partial charge on any atom is 0.349 e. The Balaban J connectivity index is 2.36. The lowest BCUT2D eigenvalue weighted by Gasteiger charge is -2.25. The van der Waals surface area contributed by atoms with Crippen LogP contribution in [0.4, 0.5) is 0 Å². The molecule has 0 saturated carbocycles. The summed E-state index contributed by atoms with van der Waals surface area (Å²) < 4.78 is 118. The Morgan fingerprint density at radius 1 is 0.675 bits per heavy atom.